The van der Waals surface area contributed by atoms with Gasteiger partial charge >= 0.3 is 5.69 Å². The van der Waals surface area contributed by atoms with E-state index < -0.39 is 0 Å². The molecular formula is C15H20N4O2. The Bertz CT molecular complexity index is 699. The number of benzene rings is 1. The Hall–Kier alpha value is -2.08. The first kappa shape index (κ1) is 13.9. The lowest BCUT2D eigenvalue weighted by Crippen LogP contribution is -2.30. The van der Waals surface area contributed by atoms with Crippen molar-refractivity contribution in [2.24, 2.45) is 0 Å². The number of fused-ring (bicyclic) bond motifs is 1. The lowest BCUT2D eigenvalue weighted by Gasteiger charge is -2.14. The van der Waals surface area contributed by atoms with Crippen molar-refractivity contribution in [2.45, 2.75) is 38.3 Å². The van der Waals surface area contributed by atoms with Crippen LogP contribution in [0.1, 0.15) is 37.8 Å². The van der Waals surface area contributed by atoms with Crippen LogP contribution < -0.4 is 16.3 Å². The predicted molar refractivity (Wildman–Crippen MR) is 81.1 cm³/mol. The number of hydrogen-bond acceptors (Lipinski definition) is 3. The summed E-state index contributed by atoms with van der Waals surface area (Å²) in [6, 6.07) is 6.20. The topological polar surface area (TPSA) is 89.8 Å². The van der Waals surface area contributed by atoms with E-state index in [2.05, 4.69) is 20.6 Å². The van der Waals surface area contributed by atoms with Gasteiger partial charge < -0.3 is 20.6 Å². The zero-order chi connectivity index (χ0) is 14.8. The minimum atomic E-state index is -0.218. The van der Waals surface area contributed by atoms with Gasteiger partial charge in [-0.1, -0.05) is 6.07 Å². The highest BCUT2D eigenvalue weighted by Crippen LogP contribution is 2.19. The van der Waals surface area contributed by atoms with E-state index in [1.807, 2.05) is 25.1 Å². The molecule has 0 aliphatic heterocycles. The van der Waals surface area contributed by atoms with Crippen LogP contribution in [0.5, 0.6) is 0 Å². The third-order valence-electron chi connectivity index (χ3n) is 3.78. The molecule has 1 saturated carbocycles. The molecule has 1 atom stereocenters. The van der Waals surface area contributed by atoms with Gasteiger partial charge in [-0.15, -0.1) is 0 Å². The van der Waals surface area contributed by atoms with Crippen LogP contribution in [0.2, 0.25) is 0 Å². The SMILES string of the molecule is CC(NC(=O)CCNC1CC1)c1ccc2[nH]c(=O)[nH]c2c1. The minimum absolute atomic E-state index is 0.0401. The van der Waals surface area contributed by atoms with Crippen molar-refractivity contribution in [3.05, 3.63) is 34.2 Å². The van der Waals surface area contributed by atoms with Gasteiger partial charge in [0.15, 0.2) is 0 Å². The van der Waals surface area contributed by atoms with E-state index >= 15 is 0 Å². The summed E-state index contributed by atoms with van der Waals surface area (Å²) in [5.74, 6) is 0.0401. The molecule has 2 aromatic rings. The van der Waals surface area contributed by atoms with Crippen molar-refractivity contribution >= 4 is 16.9 Å². The van der Waals surface area contributed by atoms with Crippen LogP contribution in [0.3, 0.4) is 0 Å². The molecule has 1 aromatic carbocycles. The van der Waals surface area contributed by atoms with Crippen molar-refractivity contribution in [3.63, 3.8) is 0 Å². The fraction of sp³-hybridized carbons (Fsp3) is 0.467. The Labute approximate surface area is 122 Å². The second-order valence-corrected chi connectivity index (χ2v) is 5.65. The molecular weight excluding hydrogens is 268 g/mol. The Balaban J connectivity index is 1.58. The lowest BCUT2D eigenvalue weighted by atomic mass is 10.1. The quantitative estimate of drug-likeness (QED) is 0.643. The maximum absolute atomic E-state index is 11.9. The molecule has 0 radical (unpaired) electrons. The minimum Gasteiger partial charge on any atom is -0.350 e. The molecule has 0 saturated heterocycles. The van der Waals surface area contributed by atoms with Gasteiger partial charge in [-0.05, 0) is 37.5 Å². The van der Waals surface area contributed by atoms with Crippen molar-refractivity contribution < 1.29 is 4.79 Å². The number of rotatable bonds is 6. The molecule has 1 heterocycles. The molecule has 4 N–H and O–H groups in total. The number of hydrogen-bond donors (Lipinski definition) is 4. The highest BCUT2D eigenvalue weighted by atomic mass is 16.1. The van der Waals surface area contributed by atoms with E-state index in [4.69, 9.17) is 0 Å². The van der Waals surface area contributed by atoms with Crippen LogP contribution in [0.15, 0.2) is 23.0 Å². The molecule has 1 fully saturated rings. The fourth-order valence-corrected chi connectivity index (χ4v) is 2.39. The summed E-state index contributed by atoms with van der Waals surface area (Å²) in [6.07, 6.45) is 2.95. The first-order chi connectivity index (χ1) is 10.1. The molecule has 0 spiro atoms. The summed E-state index contributed by atoms with van der Waals surface area (Å²) in [6.45, 7) is 2.67. The number of H-pyrrole nitrogens is 2. The molecule has 1 aromatic heterocycles. The molecule has 21 heavy (non-hydrogen) atoms. The monoisotopic (exact) mass is 288 g/mol. The molecule has 112 valence electrons. The Morgan fingerprint density at radius 2 is 2.10 bits per heavy atom. The predicted octanol–water partition coefficient (Wildman–Crippen LogP) is 1.18. The van der Waals surface area contributed by atoms with Crippen molar-refractivity contribution in [1.29, 1.82) is 0 Å². The van der Waals surface area contributed by atoms with E-state index in [1.54, 1.807) is 0 Å². The van der Waals surface area contributed by atoms with Gasteiger partial charge in [0.1, 0.15) is 0 Å². The summed E-state index contributed by atoms with van der Waals surface area (Å²) >= 11 is 0. The first-order valence-corrected chi connectivity index (χ1v) is 7.36. The van der Waals surface area contributed by atoms with Crippen molar-refractivity contribution in [3.8, 4) is 0 Å². The highest BCUT2D eigenvalue weighted by molar-refractivity contribution is 5.78. The molecule has 6 heteroatoms. The average Bonchev–Trinajstić information content (AvgIpc) is 3.17. The normalized spacial score (nSPS) is 16.0. The third kappa shape index (κ3) is 3.52. The number of aromatic nitrogens is 2. The highest BCUT2D eigenvalue weighted by Gasteiger charge is 2.20. The molecule has 1 unspecified atom stereocenters. The van der Waals surface area contributed by atoms with Crippen LogP contribution in [-0.2, 0) is 4.79 Å². The fourth-order valence-electron chi connectivity index (χ4n) is 2.39. The maximum atomic E-state index is 11.9. The summed E-state index contributed by atoms with van der Waals surface area (Å²) in [4.78, 5) is 28.5. The second-order valence-electron chi connectivity index (χ2n) is 5.65. The third-order valence-corrected chi connectivity index (χ3v) is 3.78. The van der Waals surface area contributed by atoms with E-state index in [1.165, 1.54) is 12.8 Å². The summed E-state index contributed by atoms with van der Waals surface area (Å²) in [5.41, 5.74) is 2.29. The number of imidazole rings is 1. The number of aromatic amines is 2. The zero-order valence-corrected chi connectivity index (χ0v) is 12.0. The van der Waals surface area contributed by atoms with Gasteiger partial charge in [-0.2, -0.15) is 0 Å². The van der Waals surface area contributed by atoms with Gasteiger partial charge in [-0.25, -0.2) is 4.79 Å². The van der Waals surface area contributed by atoms with Gasteiger partial charge in [0.2, 0.25) is 5.91 Å². The first-order valence-electron chi connectivity index (χ1n) is 7.36. The zero-order valence-electron chi connectivity index (χ0n) is 12.0. The van der Waals surface area contributed by atoms with Crippen LogP contribution >= 0.6 is 0 Å². The number of carbonyl (C=O) groups is 1. The van der Waals surface area contributed by atoms with Gasteiger partial charge in [0.05, 0.1) is 17.1 Å². The van der Waals surface area contributed by atoms with E-state index in [-0.39, 0.29) is 17.6 Å². The van der Waals surface area contributed by atoms with Gasteiger partial charge in [0, 0.05) is 19.0 Å². The standard InChI is InChI=1S/C15H20N4O2/c1-9(17-14(20)6-7-16-11-3-4-11)10-2-5-12-13(8-10)19-15(21)18-12/h2,5,8-9,11,16H,3-4,6-7H2,1H3,(H,17,20)(H2,18,19,21). The van der Waals surface area contributed by atoms with Crippen molar-refractivity contribution in [1.82, 2.24) is 20.6 Å². The summed E-state index contributed by atoms with van der Waals surface area (Å²) in [7, 11) is 0. The molecule has 6 nitrogen and oxygen atoms in total. The molecule has 1 amide bonds. The Morgan fingerprint density at radius 3 is 2.86 bits per heavy atom. The van der Waals surface area contributed by atoms with E-state index in [0.29, 0.717) is 12.5 Å². The smallest absolute Gasteiger partial charge is 0.323 e. The lowest BCUT2D eigenvalue weighted by molar-refractivity contribution is -0.121. The summed E-state index contributed by atoms with van der Waals surface area (Å²) < 4.78 is 0. The number of carbonyl (C=O) groups excluding carboxylic acids is 1. The molecule has 1 aliphatic carbocycles. The van der Waals surface area contributed by atoms with E-state index in [0.717, 1.165) is 23.1 Å². The summed E-state index contributed by atoms with van der Waals surface area (Å²) in [5, 5.41) is 6.30. The molecule has 1 aliphatic rings. The molecule has 0 bridgehead atoms. The van der Waals surface area contributed by atoms with E-state index in [9.17, 15) is 9.59 Å². The second kappa shape index (κ2) is 5.73. The van der Waals surface area contributed by atoms with Crippen LogP contribution in [-0.4, -0.2) is 28.5 Å². The van der Waals surface area contributed by atoms with Gasteiger partial charge in [0.25, 0.3) is 0 Å². The Kier molecular flexibility index (Phi) is 3.79. The van der Waals surface area contributed by atoms with Crippen LogP contribution in [0, 0.1) is 0 Å². The molecule has 3 rings (SSSR count). The average molecular weight is 288 g/mol. The number of amides is 1. The van der Waals surface area contributed by atoms with Crippen LogP contribution in [0.4, 0.5) is 0 Å². The largest absolute Gasteiger partial charge is 0.350 e. The maximum Gasteiger partial charge on any atom is 0.323 e. The van der Waals surface area contributed by atoms with Crippen molar-refractivity contribution in [2.75, 3.05) is 6.54 Å². The number of nitrogens with one attached hydrogen (secondary N) is 4. The van der Waals surface area contributed by atoms with Crippen LogP contribution in [0.25, 0.3) is 11.0 Å². The van der Waals surface area contributed by atoms with Gasteiger partial charge in [-0.3, -0.25) is 4.79 Å². The Morgan fingerprint density at radius 1 is 1.33 bits per heavy atom.